The summed E-state index contributed by atoms with van der Waals surface area (Å²) in [5.41, 5.74) is 0. The lowest BCUT2D eigenvalue weighted by molar-refractivity contribution is -0.184. The first-order valence-electron chi connectivity index (χ1n) is 4.12. The number of hydrogen-bond acceptors (Lipinski definition) is 4. The first-order chi connectivity index (χ1) is 5.73. The van der Waals surface area contributed by atoms with Crippen molar-refractivity contribution in [1.29, 1.82) is 0 Å². The third kappa shape index (κ3) is 5.28. The van der Waals surface area contributed by atoms with Crippen molar-refractivity contribution in [3.05, 3.63) is 0 Å². The zero-order valence-corrected chi connectivity index (χ0v) is 8.71. The quantitative estimate of drug-likeness (QED) is 0.360. The predicted molar refractivity (Wildman–Crippen MR) is 49.9 cm³/mol. The van der Waals surface area contributed by atoms with Gasteiger partial charge in [-0.05, 0) is 0 Å². The molecule has 0 aliphatic rings. The van der Waals surface area contributed by atoms with Gasteiger partial charge in [0, 0.05) is 19.2 Å². The Morgan fingerprint density at radius 2 is 1.77 bits per heavy atom. The van der Waals surface area contributed by atoms with E-state index in [9.17, 15) is 9.59 Å². The molecule has 0 radical (unpaired) electrons. The van der Waals surface area contributed by atoms with Gasteiger partial charge in [0.1, 0.15) is 7.85 Å². The van der Waals surface area contributed by atoms with E-state index in [1.165, 1.54) is 13.8 Å². The molecule has 1 unspecified atom stereocenters. The van der Waals surface area contributed by atoms with Crippen LogP contribution in [0, 0.1) is 0 Å². The largest absolute Gasteiger partial charge is 0.426 e. The van der Waals surface area contributed by atoms with E-state index in [1.807, 2.05) is 0 Å². The van der Waals surface area contributed by atoms with Crippen LogP contribution in [-0.2, 0) is 19.1 Å². The molecule has 74 valence electrons. The second-order valence-corrected chi connectivity index (χ2v) is 3.83. The molecule has 13 heavy (non-hydrogen) atoms. The fourth-order valence-electron chi connectivity index (χ4n) is 0.585. The Morgan fingerprint density at radius 1 is 1.31 bits per heavy atom. The Morgan fingerprint density at radius 3 is 2.08 bits per heavy atom. The maximum atomic E-state index is 11.2. The predicted octanol–water partition coefficient (Wildman–Crippen LogP) is 0.270. The average molecular weight is 186 g/mol. The fourth-order valence-corrected chi connectivity index (χ4v) is 0.585. The monoisotopic (exact) mass is 186 g/mol. The van der Waals surface area contributed by atoms with Crippen LogP contribution in [0.5, 0.6) is 0 Å². The van der Waals surface area contributed by atoms with Crippen molar-refractivity contribution in [3.63, 3.8) is 0 Å². The number of carbonyl (C=O) groups is 2. The summed E-state index contributed by atoms with van der Waals surface area (Å²) < 4.78 is 9.48. The van der Waals surface area contributed by atoms with Crippen molar-refractivity contribution >= 4 is 19.8 Å². The van der Waals surface area contributed by atoms with Crippen LogP contribution in [-0.4, -0.2) is 26.1 Å². The lowest BCUT2D eigenvalue weighted by atomic mass is 9.73. The third-order valence-electron chi connectivity index (χ3n) is 1.22. The van der Waals surface area contributed by atoms with Crippen molar-refractivity contribution in [1.82, 2.24) is 0 Å². The lowest BCUT2D eigenvalue weighted by Crippen LogP contribution is -2.27. The van der Waals surface area contributed by atoms with Gasteiger partial charge < -0.3 is 9.47 Å². The van der Waals surface area contributed by atoms with Gasteiger partial charge in [0.15, 0.2) is 0 Å². The number of hydrogen-bond donors (Lipinski definition) is 0. The van der Waals surface area contributed by atoms with E-state index in [2.05, 4.69) is 4.74 Å². The van der Waals surface area contributed by atoms with Gasteiger partial charge in [-0.3, -0.25) is 9.59 Å². The summed E-state index contributed by atoms with van der Waals surface area (Å²) in [6.45, 7) is 6.23. The molecule has 1 atom stereocenters. The van der Waals surface area contributed by atoms with Gasteiger partial charge in [0.05, 0.1) is 0 Å². The van der Waals surface area contributed by atoms with Crippen LogP contribution >= 0.6 is 0 Å². The zero-order valence-electron chi connectivity index (χ0n) is 8.71. The van der Waals surface area contributed by atoms with Gasteiger partial charge in [-0.1, -0.05) is 13.8 Å². The van der Waals surface area contributed by atoms with Crippen molar-refractivity contribution in [3.8, 4) is 0 Å². The Hall–Kier alpha value is -0.995. The number of ether oxygens (including phenoxy) is 2. The van der Waals surface area contributed by atoms with Crippen LogP contribution in [0.15, 0.2) is 0 Å². The summed E-state index contributed by atoms with van der Waals surface area (Å²) in [4.78, 5) is 21.7. The molecule has 0 rings (SSSR count). The van der Waals surface area contributed by atoms with Gasteiger partial charge >= 0.3 is 11.9 Å². The maximum Gasteiger partial charge on any atom is 0.306 e. The Balaban J connectivity index is 4.00. The van der Waals surface area contributed by atoms with Crippen LogP contribution in [0.25, 0.3) is 0 Å². The first-order valence-corrected chi connectivity index (χ1v) is 4.12. The Kier molecular flexibility index (Phi) is 3.97. The van der Waals surface area contributed by atoms with Crippen LogP contribution in [0.4, 0.5) is 0 Å². The van der Waals surface area contributed by atoms with Gasteiger partial charge in [0.2, 0.25) is 6.29 Å². The summed E-state index contributed by atoms with van der Waals surface area (Å²) in [7, 11) is 1.73. The summed E-state index contributed by atoms with van der Waals surface area (Å²) >= 11 is 0. The van der Waals surface area contributed by atoms with E-state index < -0.39 is 17.6 Å². The molecule has 0 aliphatic heterocycles. The van der Waals surface area contributed by atoms with Crippen molar-refractivity contribution in [2.45, 2.75) is 39.3 Å². The highest BCUT2D eigenvalue weighted by atomic mass is 16.7. The topological polar surface area (TPSA) is 52.6 Å². The van der Waals surface area contributed by atoms with E-state index in [1.54, 1.807) is 21.7 Å². The molecule has 0 spiro atoms. The summed E-state index contributed by atoms with van der Waals surface area (Å²) in [5.74, 6) is -0.851. The molecular weight excluding hydrogens is 171 g/mol. The maximum absolute atomic E-state index is 11.2. The highest BCUT2D eigenvalue weighted by molar-refractivity contribution is 6.26. The van der Waals surface area contributed by atoms with Crippen molar-refractivity contribution < 1.29 is 19.1 Å². The van der Waals surface area contributed by atoms with Gasteiger partial charge in [-0.2, -0.15) is 0 Å². The van der Waals surface area contributed by atoms with E-state index in [0.717, 1.165) is 0 Å². The molecule has 0 aromatic heterocycles. The average Bonchev–Trinajstić information content (AvgIpc) is 1.82. The highest BCUT2D eigenvalue weighted by Gasteiger charge is 2.25. The molecule has 4 nitrogen and oxygen atoms in total. The van der Waals surface area contributed by atoms with Gasteiger partial charge in [0.25, 0.3) is 0 Å². The molecule has 0 aromatic carbocycles. The van der Waals surface area contributed by atoms with Crippen molar-refractivity contribution in [2.24, 2.45) is 0 Å². The molecular formula is C8H15BO4. The SMILES string of the molecule is BC(C)(C)C(=O)OC(C)OC(C)=O. The summed E-state index contributed by atoms with van der Waals surface area (Å²) in [6.07, 6.45) is -0.816. The molecule has 0 aliphatic carbocycles. The molecule has 0 heterocycles. The lowest BCUT2D eigenvalue weighted by Gasteiger charge is -2.20. The molecule has 0 saturated heterocycles. The highest BCUT2D eigenvalue weighted by Crippen LogP contribution is 2.20. The van der Waals surface area contributed by atoms with Crippen LogP contribution in [0.1, 0.15) is 27.7 Å². The van der Waals surface area contributed by atoms with Crippen LogP contribution in [0.2, 0.25) is 5.31 Å². The standard InChI is InChI=1S/C8H15BO4/c1-5(10)12-6(2)13-7(11)8(3,4)9/h6H,9H2,1-4H3. The molecule has 0 N–H and O–H groups in total. The first kappa shape index (κ1) is 12.0. The second-order valence-electron chi connectivity index (χ2n) is 3.83. The van der Waals surface area contributed by atoms with Crippen LogP contribution < -0.4 is 0 Å². The minimum atomic E-state index is -0.816. The summed E-state index contributed by atoms with van der Waals surface area (Å²) in [6, 6.07) is 0. The zero-order chi connectivity index (χ0) is 10.6. The van der Waals surface area contributed by atoms with Gasteiger partial charge in [-0.25, -0.2) is 0 Å². The normalized spacial score (nSPS) is 13.2. The second kappa shape index (κ2) is 4.30. The number of esters is 2. The van der Waals surface area contributed by atoms with E-state index in [-0.39, 0.29) is 5.97 Å². The van der Waals surface area contributed by atoms with Crippen LogP contribution in [0.3, 0.4) is 0 Å². The van der Waals surface area contributed by atoms with E-state index >= 15 is 0 Å². The smallest absolute Gasteiger partial charge is 0.306 e. The number of carbonyl (C=O) groups excluding carboxylic acids is 2. The van der Waals surface area contributed by atoms with E-state index in [0.29, 0.717) is 0 Å². The number of rotatable bonds is 3. The minimum Gasteiger partial charge on any atom is -0.426 e. The van der Waals surface area contributed by atoms with E-state index in [4.69, 9.17) is 4.74 Å². The molecule has 0 bridgehead atoms. The Bertz CT molecular complexity index is 207. The fraction of sp³-hybridized carbons (Fsp3) is 0.750. The molecule has 0 amide bonds. The summed E-state index contributed by atoms with van der Waals surface area (Å²) in [5, 5.41) is -0.575. The molecule has 0 fully saturated rings. The van der Waals surface area contributed by atoms with Crippen molar-refractivity contribution in [2.75, 3.05) is 0 Å². The Labute approximate surface area is 79.0 Å². The minimum absolute atomic E-state index is 0.388. The molecule has 5 heteroatoms. The van der Waals surface area contributed by atoms with Gasteiger partial charge in [-0.15, -0.1) is 0 Å². The third-order valence-corrected chi connectivity index (χ3v) is 1.22. The molecule has 0 saturated carbocycles. The molecule has 0 aromatic rings.